The Kier molecular flexibility index (Phi) is 6.07. The topological polar surface area (TPSA) is 218 Å². The molecular weight excluding hydrogens is 562 g/mol. The van der Waals surface area contributed by atoms with Gasteiger partial charge in [-0.25, -0.2) is 24.1 Å². The molecule has 0 spiro atoms. The number of hydrogen-bond donors (Lipinski definition) is 5. The second-order valence-electron chi connectivity index (χ2n) is 9.96. The molecule has 0 radical (unpaired) electrons. The fraction of sp³-hybridized carbons (Fsp3) is 0.185. The molecule has 2 aromatic carbocycles. The summed E-state index contributed by atoms with van der Waals surface area (Å²) in [5.74, 6) is -1.45. The number of aryl methyl sites for hydroxylation is 1. The Morgan fingerprint density at radius 3 is 2.79 bits per heavy atom. The van der Waals surface area contributed by atoms with Gasteiger partial charge in [0, 0.05) is 12.1 Å². The van der Waals surface area contributed by atoms with E-state index in [9.17, 15) is 24.0 Å². The molecule has 5 N–H and O–H groups in total. The lowest BCUT2D eigenvalue weighted by Gasteiger charge is -2.18. The normalized spacial score (nSPS) is 15.3. The molecule has 1 aliphatic heterocycles. The molecular formula is C27H21N9O7. The van der Waals surface area contributed by atoms with Crippen molar-refractivity contribution in [2.45, 2.75) is 25.4 Å². The fourth-order valence-electron chi connectivity index (χ4n) is 5.21. The number of carbonyl (C=O) groups excluding carboxylic acids is 3. The summed E-state index contributed by atoms with van der Waals surface area (Å²) in [6.07, 6.45) is 1.28. The largest absolute Gasteiger partial charge is 0.482 e. The molecule has 216 valence electrons. The average molecular weight is 584 g/mol. The van der Waals surface area contributed by atoms with Crippen LogP contribution < -0.4 is 32.1 Å². The highest BCUT2D eigenvalue weighted by atomic mass is 16.5. The number of amides is 3. The van der Waals surface area contributed by atoms with Crippen LogP contribution in [-0.4, -0.2) is 54.1 Å². The minimum atomic E-state index is -0.692. The predicted molar refractivity (Wildman–Crippen MR) is 146 cm³/mol. The number of rotatable bonds is 6. The number of benzene rings is 2. The number of nitrogens with one attached hydrogen (secondary N) is 5. The minimum absolute atomic E-state index is 0.0585. The van der Waals surface area contributed by atoms with Crippen LogP contribution in [0.1, 0.15) is 50.1 Å². The molecule has 5 aromatic rings. The molecule has 43 heavy (non-hydrogen) atoms. The summed E-state index contributed by atoms with van der Waals surface area (Å²) in [5.41, 5.74) is 2.76. The molecule has 4 heterocycles. The van der Waals surface area contributed by atoms with Crippen molar-refractivity contribution in [3.8, 4) is 17.1 Å². The first-order valence-electron chi connectivity index (χ1n) is 13.1. The average Bonchev–Trinajstić information content (AvgIpc) is 3.73. The summed E-state index contributed by atoms with van der Waals surface area (Å²) in [5, 5.41) is 18.2. The second-order valence-corrected chi connectivity index (χ2v) is 9.96. The van der Waals surface area contributed by atoms with Crippen LogP contribution in [-0.2, 0) is 17.8 Å². The van der Waals surface area contributed by atoms with E-state index < -0.39 is 23.3 Å². The molecule has 3 amide bonds. The van der Waals surface area contributed by atoms with Gasteiger partial charge in [-0.1, -0.05) is 23.4 Å². The molecule has 0 unspecified atom stereocenters. The third-order valence-corrected chi connectivity index (χ3v) is 7.22. The first-order valence-corrected chi connectivity index (χ1v) is 13.1. The fourth-order valence-corrected chi connectivity index (χ4v) is 5.21. The maximum atomic E-state index is 13.3. The van der Waals surface area contributed by atoms with Crippen LogP contribution in [0.5, 0.6) is 5.75 Å². The van der Waals surface area contributed by atoms with E-state index in [1.54, 1.807) is 24.3 Å². The van der Waals surface area contributed by atoms with Gasteiger partial charge in [0.05, 0.1) is 11.7 Å². The highest BCUT2D eigenvalue weighted by molar-refractivity contribution is 5.98. The van der Waals surface area contributed by atoms with Crippen LogP contribution in [0.25, 0.3) is 17.2 Å². The van der Waals surface area contributed by atoms with E-state index in [0.29, 0.717) is 41.2 Å². The van der Waals surface area contributed by atoms with Crippen molar-refractivity contribution in [3.63, 3.8) is 0 Å². The van der Waals surface area contributed by atoms with Crippen LogP contribution >= 0.6 is 0 Å². The number of ether oxygens (including phenoxy) is 1. The third-order valence-electron chi connectivity index (χ3n) is 7.22. The Bertz CT molecular complexity index is 2070. The number of fused-ring (bicyclic) bond motifs is 3. The number of hydrogen-bond acceptors (Lipinski definition) is 10. The monoisotopic (exact) mass is 583 g/mol. The lowest BCUT2D eigenvalue weighted by molar-refractivity contribution is -0.118. The highest BCUT2D eigenvalue weighted by Gasteiger charge is 2.27. The maximum absolute atomic E-state index is 13.3. The Labute approximate surface area is 239 Å². The van der Waals surface area contributed by atoms with E-state index in [1.165, 1.54) is 6.07 Å². The minimum Gasteiger partial charge on any atom is -0.482 e. The van der Waals surface area contributed by atoms with Crippen molar-refractivity contribution in [2.24, 2.45) is 0 Å². The summed E-state index contributed by atoms with van der Waals surface area (Å²) >= 11 is 0. The molecule has 1 aliphatic carbocycles. The van der Waals surface area contributed by atoms with Crippen LogP contribution in [0.4, 0.5) is 5.69 Å². The van der Waals surface area contributed by atoms with Crippen molar-refractivity contribution < 1.29 is 23.6 Å². The molecule has 2 aliphatic rings. The number of H-pyrrole nitrogens is 2. The molecule has 16 heteroatoms. The van der Waals surface area contributed by atoms with Gasteiger partial charge in [0.25, 0.3) is 23.5 Å². The van der Waals surface area contributed by atoms with E-state index in [1.807, 2.05) is 12.1 Å². The van der Waals surface area contributed by atoms with E-state index >= 15 is 0 Å². The summed E-state index contributed by atoms with van der Waals surface area (Å²) in [7, 11) is 0. The standard InChI is InChI=1S/C27H21N9O7/c37-21-11-42-20-6-1-12(7-17(20)29-21)10-28-24(39)19-9-18(31-25-33-34-26(40)36(19)25)23(38)30-16-5-3-13-8-14(2-4-15(13)16)22-32-27(41)43-35-22/h1-2,4,6-9,16H,3,5,10-11H2,(H,28,39)(H,29,37)(H,30,38)(H,34,40)(H,32,35,41)/t16-/m0/s1. The zero-order chi connectivity index (χ0) is 29.7. The lowest BCUT2D eigenvalue weighted by atomic mass is 10.0. The Balaban J connectivity index is 1.10. The molecule has 16 nitrogen and oxygen atoms in total. The van der Waals surface area contributed by atoms with Gasteiger partial charge in [-0.05, 0) is 53.8 Å². The first kappa shape index (κ1) is 25.9. The zero-order valence-electron chi connectivity index (χ0n) is 22.1. The molecule has 0 saturated heterocycles. The Morgan fingerprint density at radius 1 is 1.07 bits per heavy atom. The summed E-state index contributed by atoms with van der Waals surface area (Å²) in [6.45, 7) is -0.0133. The van der Waals surface area contributed by atoms with Crippen molar-refractivity contribution in [2.75, 3.05) is 11.9 Å². The van der Waals surface area contributed by atoms with E-state index in [4.69, 9.17) is 4.74 Å². The number of anilines is 1. The summed E-state index contributed by atoms with van der Waals surface area (Å²) < 4.78 is 10.9. The van der Waals surface area contributed by atoms with Crippen LogP contribution in [0, 0.1) is 0 Å². The van der Waals surface area contributed by atoms with Crippen molar-refractivity contribution in [1.82, 2.24) is 40.4 Å². The van der Waals surface area contributed by atoms with Crippen LogP contribution in [0.2, 0.25) is 0 Å². The highest BCUT2D eigenvalue weighted by Crippen LogP contribution is 2.34. The van der Waals surface area contributed by atoms with Crippen molar-refractivity contribution in [3.05, 3.63) is 91.6 Å². The summed E-state index contributed by atoms with van der Waals surface area (Å²) in [6, 6.07) is 11.5. The lowest BCUT2D eigenvalue weighted by Crippen LogP contribution is -2.31. The number of aromatic amines is 2. The van der Waals surface area contributed by atoms with Crippen LogP contribution in [0.15, 0.2) is 56.6 Å². The SMILES string of the molecule is O=C1COc2ccc(CNC(=O)c3cc(C(=O)N[C@H]4CCc5cc(-c6noc(=O)[nH]6)ccc54)nc4n[nH]c(=O)n34)cc2N1. The Morgan fingerprint density at radius 2 is 1.95 bits per heavy atom. The van der Waals surface area contributed by atoms with Crippen molar-refractivity contribution in [1.29, 1.82) is 0 Å². The van der Waals surface area contributed by atoms with Gasteiger partial charge >= 0.3 is 11.4 Å². The van der Waals surface area contributed by atoms with Gasteiger partial charge in [0.1, 0.15) is 17.1 Å². The molecule has 3 aromatic heterocycles. The van der Waals surface area contributed by atoms with E-state index in [-0.39, 0.29) is 42.3 Å². The van der Waals surface area contributed by atoms with Gasteiger partial charge in [-0.2, -0.15) is 0 Å². The van der Waals surface area contributed by atoms with Gasteiger partial charge in [0.15, 0.2) is 12.4 Å². The molecule has 7 rings (SSSR count). The van der Waals surface area contributed by atoms with Gasteiger partial charge < -0.3 is 20.7 Å². The quantitative estimate of drug-likeness (QED) is 0.186. The van der Waals surface area contributed by atoms with Crippen LogP contribution in [0.3, 0.4) is 0 Å². The van der Waals surface area contributed by atoms with Gasteiger partial charge in [-0.3, -0.25) is 23.9 Å². The van der Waals surface area contributed by atoms with Crippen molar-refractivity contribution >= 4 is 29.2 Å². The third kappa shape index (κ3) is 4.79. The van der Waals surface area contributed by atoms with Gasteiger partial charge in [0.2, 0.25) is 0 Å². The maximum Gasteiger partial charge on any atom is 0.439 e. The Hall–Kier alpha value is -6.06. The summed E-state index contributed by atoms with van der Waals surface area (Å²) in [4.78, 5) is 68.7. The molecule has 0 fully saturated rings. The molecule has 1 atom stereocenters. The van der Waals surface area contributed by atoms with E-state index in [0.717, 1.165) is 15.5 Å². The first-order chi connectivity index (χ1) is 20.8. The molecule has 0 bridgehead atoms. The predicted octanol–water partition coefficient (Wildman–Crippen LogP) is 0.439. The second kappa shape index (κ2) is 10.1. The zero-order valence-corrected chi connectivity index (χ0v) is 22.1. The smallest absolute Gasteiger partial charge is 0.439 e. The molecule has 0 saturated carbocycles. The number of nitrogens with zero attached hydrogens (tertiary/aromatic N) is 4. The van der Waals surface area contributed by atoms with Gasteiger partial charge in [-0.15, -0.1) is 5.10 Å². The number of carbonyl (C=O) groups is 3. The number of aromatic nitrogens is 6. The van der Waals surface area contributed by atoms with E-state index in [2.05, 4.69) is 45.8 Å².